The smallest absolute Gasteiger partial charge is 0.271 e. The number of rotatable bonds is 4. The summed E-state index contributed by atoms with van der Waals surface area (Å²) in [6, 6.07) is 18.4. The number of hydrogen-bond acceptors (Lipinski definition) is 3. The zero-order valence-electron chi connectivity index (χ0n) is 16.1. The van der Waals surface area contributed by atoms with Crippen molar-refractivity contribution in [1.29, 1.82) is 0 Å². The average Bonchev–Trinajstić information content (AvgIpc) is 2.73. The Morgan fingerprint density at radius 2 is 1.76 bits per heavy atom. The Balaban J connectivity index is 2.03. The standard InChI is InChI=1S/C23H19FN2O2S/c1-3-21-25-18-11-7-13-20(29(28)19-12-5-4-8-15(19)2)22(18)23(27)26(21)17-10-6-9-16(24)14-17/h4-14H,3H2,1-2H3. The molecule has 0 radical (unpaired) electrons. The van der Waals surface area contributed by atoms with Gasteiger partial charge in [0.05, 0.1) is 11.2 Å². The van der Waals surface area contributed by atoms with Gasteiger partial charge < -0.3 is 4.55 Å². The number of nitrogens with zero attached hydrogens (tertiary/aromatic N) is 2. The monoisotopic (exact) mass is 406 g/mol. The fourth-order valence-corrected chi connectivity index (χ4v) is 4.78. The molecule has 0 aliphatic heterocycles. The highest BCUT2D eigenvalue weighted by molar-refractivity contribution is 7.91. The molecule has 4 aromatic rings. The highest BCUT2D eigenvalue weighted by atomic mass is 32.2. The van der Waals surface area contributed by atoms with E-state index in [4.69, 9.17) is 0 Å². The van der Waals surface area contributed by atoms with Crippen molar-refractivity contribution in [1.82, 2.24) is 9.55 Å². The minimum atomic E-state index is -1.55. The van der Waals surface area contributed by atoms with E-state index in [1.54, 1.807) is 36.4 Å². The quantitative estimate of drug-likeness (QED) is 0.467. The van der Waals surface area contributed by atoms with Crippen molar-refractivity contribution in [2.45, 2.75) is 30.1 Å². The maximum atomic E-state index is 13.8. The van der Waals surface area contributed by atoms with Crippen LogP contribution in [0.25, 0.3) is 16.6 Å². The predicted molar refractivity (Wildman–Crippen MR) is 113 cm³/mol. The first-order valence-electron chi connectivity index (χ1n) is 9.29. The fraction of sp³-hybridized carbons (Fsp3) is 0.130. The Labute approximate surface area is 170 Å². The Kier molecular flexibility index (Phi) is 5.22. The van der Waals surface area contributed by atoms with E-state index in [2.05, 4.69) is 4.98 Å². The second kappa shape index (κ2) is 7.81. The van der Waals surface area contributed by atoms with Gasteiger partial charge >= 0.3 is 0 Å². The lowest BCUT2D eigenvalue weighted by molar-refractivity contribution is 0.595. The van der Waals surface area contributed by atoms with Gasteiger partial charge in [-0.25, -0.2) is 9.37 Å². The molecule has 146 valence electrons. The summed E-state index contributed by atoms with van der Waals surface area (Å²) >= 11 is -1.55. The maximum Gasteiger partial charge on any atom is 0.271 e. The van der Waals surface area contributed by atoms with Gasteiger partial charge in [-0.05, 0) is 43.3 Å². The Morgan fingerprint density at radius 1 is 1.03 bits per heavy atom. The van der Waals surface area contributed by atoms with Gasteiger partial charge in [-0.2, -0.15) is 0 Å². The Morgan fingerprint density at radius 3 is 2.48 bits per heavy atom. The fourth-order valence-electron chi connectivity index (χ4n) is 3.40. The zero-order chi connectivity index (χ0) is 20.5. The number of halogens is 1. The van der Waals surface area contributed by atoms with Gasteiger partial charge in [-0.3, -0.25) is 9.36 Å². The van der Waals surface area contributed by atoms with Gasteiger partial charge in [0.15, 0.2) is 9.79 Å². The number of fused-ring (bicyclic) bond motifs is 1. The van der Waals surface area contributed by atoms with Crippen LogP contribution in [0.15, 0.2) is 81.3 Å². The molecule has 0 aliphatic carbocycles. The van der Waals surface area contributed by atoms with Crippen molar-refractivity contribution in [2.24, 2.45) is 0 Å². The van der Waals surface area contributed by atoms with Crippen molar-refractivity contribution < 1.29 is 8.94 Å². The molecule has 0 N–H and O–H groups in total. The van der Waals surface area contributed by atoms with Crippen molar-refractivity contribution in [3.63, 3.8) is 0 Å². The van der Waals surface area contributed by atoms with Gasteiger partial charge in [-0.1, -0.05) is 37.3 Å². The summed E-state index contributed by atoms with van der Waals surface area (Å²) in [7, 11) is 0. The minimum absolute atomic E-state index is 0.288. The minimum Gasteiger partial charge on any atom is -0.606 e. The van der Waals surface area contributed by atoms with E-state index in [9.17, 15) is 13.7 Å². The summed E-state index contributed by atoms with van der Waals surface area (Å²) in [6.45, 7) is 3.77. The molecule has 3 aromatic carbocycles. The molecule has 4 nitrogen and oxygen atoms in total. The normalized spacial score (nSPS) is 12.3. The number of benzene rings is 3. The van der Waals surface area contributed by atoms with Crippen LogP contribution in [0.5, 0.6) is 0 Å². The molecule has 1 unspecified atom stereocenters. The Hall–Kier alpha value is -2.96. The molecule has 0 saturated carbocycles. The van der Waals surface area contributed by atoms with Crippen LogP contribution < -0.4 is 5.56 Å². The predicted octanol–water partition coefficient (Wildman–Crippen LogP) is 4.56. The number of aromatic nitrogens is 2. The molecule has 0 spiro atoms. The largest absolute Gasteiger partial charge is 0.606 e. The summed E-state index contributed by atoms with van der Waals surface area (Å²) < 4.78 is 28.6. The van der Waals surface area contributed by atoms with Gasteiger partial charge in [0.25, 0.3) is 5.56 Å². The van der Waals surface area contributed by atoms with E-state index >= 15 is 0 Å². The second-order valence-electron chi connectivity index (χ2n) is 6.69. The van der Waals surface area contributed by atoms with E-state index in [0.29, 0.717) is 33.2 Å². The van der Waals surface area contributed by atoms with Gasteiger partial charge in [0, 0.05) is 23.2 Å². The van der Waals surface area contributed by atoms with Gasteiger partial charge in [-0.15, -0.1) is 0 Å². The van der Waals surface area contributed by atoms with E-state index < -0.39 is 17.0 Å². The topological polar surface area (TPSA) is 58.0 Å². The van der Waals surface area contributed by atoms with Crippen molar-refractivity contribution in [3.8, 4) is 5.69 Å². The molecule has 1 heterocycles. The summed E-state index contributed by atoms with van der Waals surface area (Å²) in [5, 5.41) is 0.288. The first-order chi connectivity index (χ1) is 14.0. The van der Waals surface area contributed by atoms with Crippen molar-refractivity contribution in [3.05, 3.63) is 94.3 Å². The van der Waals surface area contributed by atoms with Crippen LogP contribution >= 0.6 is 0 Å². The third-order valence-corrected chi connectivity index (χ3v) is 6.40. The van der Waals surface area contributed by atoms with Gasteiger partial charge in [0.1, 0.15) is 17.0 Å². The third kappa shape index (κ3) is 3.45. The van der Waals surface area contributed by atoms with E-state index in [1.165, 1.54) is 16.7 Å². The first kappa shape index (κ1) is 19.4. The molecular weight excluding hydrogens is 387 g/mol. The van der Waals surface area contributed by atoms with Crippen LogP contribution in [0.4, 0.5) is 4.39 Å². The number of hydrogen-bond donors (Lipinski definition) is 0. The highest BCUT2D eigenvalue weighted by Gasteiger charge is 2.24. The number of aryl methyl sites for hydroxylation is 2. The summed E-state index contributed by atoms with van der Waals surface area (Å²) in [5.41, 5.74) is 1.41. The zero-order valence-corrected chi connectivity index (χ0v) is 16.9. The second-order valence-corrected chi connectivity index (χ2v) is 8.10. The average molecular weight is 406 g/mol. The van der Waals surface area contributed by atoms with Crippen LogP contribution in [0.1, 0.15) is 18.3 Å². The van der Waals surface area contributed by atoms with Crippen LogP contribution in [0, 0.1) is 12.7 Å². The molecule has 1 atom stereocenters. The summed E-state index contributed by atoms with van der Waals surface area (Å²) in [5.74, 6) is 0.0836. The Bertz CT molecular complexity index is 1270. The molecule has 6 heteroatoms. The van der Waals surface area contributed by atoms with Crippen molar-refractivity contribution >= 4 is 22.1 Å². The lowest BCUT2D eigenvalue weighted by Crippen LogP contribution is -2.25. The molecule has 0 fully saturated rings. The van der Waals surface area contributed by atoms with Crippen LogP contribution in [0.3, 0.4) is 0 Å². The van der Waals surface area contributed by atoms with E-state index in [-0.39, 0.29) is 10.9 Å². The molecule has 29 heavy (non-hydrogen) atoms. The van der Waals surface area contributed by atoms with Crippen LogP contribution in [-0.2, 0) is 17.6 Å². The van der Waals surface area contributed by atoms with Gasteiger partial charge in [0.2, 0.25) is 0 Å². The summed E-state index contributed by atoms with van der Waals surface area (Å²) in [4.78, 5) is 19.2. The SMILES string of the molecule is CCc1nc2cccc([S+]([O-])c3ccccc3C)c2c(=O)n1-c1cccc(F)c1. The highest BCUT2D eigenvalue weighted by Crippen LogP contribution is 2.28. The molecule has 0 saturated heterocycles. The van der Waals surface area contributed by atoms with E-state index in [1.807, 2.05) is 32.0 Å². The molecule has 0 amide bonds. The molecular formula is C23H19FN2O2S. The van der Waals surface area contributed by atoms with Crippen LogP contribution in [-0.4, -0.2) is 14.1 Å². The molecule has 4 rings (SSSR count). The summed E-state index contributed by atoms with van der Waals surface area (Å²) in [6.07, 6.45) is 0.493. The first-order valence-corrected chi connectivity index (χ1v) is 10.4. The molecule has 0 bridgehead atoms. The van der Waals surface area contributed by atoms with Crippen LogP contribution in [0.2, 0.25) is 0 Å². The van der Waals surface area contributed by atoms with E-state index in [0.717, 1.165) is 5.56 Å². The molecule has 1 aromatic heterocycles. The van der Waals surface area contributed by atoms with Crippen molar-refractivity contribution in [2.75, 3.05) is 0 Å². The molecule has 0 aliphatic rings. The third-order valence-electron chi connectivity index (χ3n) is 4.80. The lowest BCUT2D eigenvalue weighted by atomic mass is 10.2. The lowest BCUT2D eigenvalue weighted by Gasteiger charge is -2.16. The maximum absolute atomic E-state index is 13.8.